The predicted molar refractivity (Wildman–Crippen MR) is 72.3 cm³/mol. The van der Waals surface area contributed by atoms with Crippen molar-refractivity contribution in [1.29, 1.82) is 0 Å². The number of nitrogens with zero attached hydrogens (tertiary/aromatic N) is 1. The van der Waals surface area contributed by atoms with E-state index in [1.165, 1.54) is 11.3 Å². The van der Waals surface area contributed by atoms with Crippen molar-refractivity contribution in [3.8, 4) is 0 Å². The summed E-state index contributed by atoms with van der Waals surface area (Å²) in [5.41, 5.74) is 0.837. The van der Waals surface area contributed by atoms with Crippen LogP contribution in [-0.2, 0) is 16.6 Å². The first kappa shape index (κ1) is 14.4. The first-order valence-electron chi connectivity index (χ1n) is 5.24. The van der Waals surface area contributed by atoms with Gasteiger partial charge in [-0.05, 0) is 25.1 Å². The highest BCUT2D eigenvalue weighted by Gasteiger charge is 2.16. The monoisotopic (exact) mass is 320 g/mol. The molecule has 19 heavy (non-hydrogen) atoms. The molecule has 2 rings (SSSR count). The van der Waals surface area contributed by atoms with E-state index in [-0.39, 0.29) is 16.5 Å². The standard InChI is InChI=1S/C11H10ClFN2O2S2/c1-7-6-18-11(15-7)5-14-19(16,17)8-2-3-10(13)9(12)4-8/h2-4,6,14H,5H2,1H3. The maximum Gasteiger partial charge on any atom is 0.241 e. The molecular weight excluding hydrogens is 311 g/mol. The molecule has 0 radical (unpaired) electrons. The zero-order valence-electron chi connectivity index (χ0n) is 9.85. The van der Waals surface area contributed by atoms with E-state index in [2.05, 4.69) is 9.71 Å². The van der Waals surface area contributed by atoms with Crippen molar-refractivity contribution in [2.24, 2.45) is 0 Å². The van der Waals surface area contributed by atoms with Crippen LogP contribution in [0.5, 0.6) is 0 Å². The van der Waals surface area contributed by atoms with Gasteiger partial charge in [0.25, 0.3) is 0 Å². The number of aryl methyl sites for hydroxylation is 1. The lowest BCUT2D eigenvalue weighted by Gasteiger charge is -2.05. The lowest BCUT2D eigenvalue weighted by Crippen LogP contribution is -2.23. The summed E-state index contributed by atoms with van der Waals surface area (Å²) in [6.07, 6.45) is 0. The second-order valence-electron chi connectivity index (χ2n) is 3.78. The molecule has 0 aliphatic carbocycles. The van der Waals surface area contributed by atoms with Gasteiger partial charge in [-0.25, -0.2) is 22.5 Å². The van der Waals surface area contributed by atoms with Crippen LogP contribution in [0, 0.1) is 12.7 Å². The Labute approximate surface area is 119 Å². The summed E-state index contributed by atoms with van der Waals surface area (Å²) in [5, 5.41) is 2.26. The van der Waals surface area contributed by atoms with Crippen molar-refractivity contribution in [1.82, 2.24) is 9.71 Å². The number of sulfonamides is 1. The zero-order valence-corrected chi connectivity index (χ0v) is 12.2. The minimum absolute atomic E-state index is 0.0767. The third-order valence-electron chi connectivity index (χ3n) is 2.28. The van der Waals surface area contributed by atoms with Crippen LogP contribution in [0.4, 0.5) is 4.39 Å². The molecule has 0 saturated carbocycles. The molecule has 2 aromatic rings. The summed E-state index contributed by atoms with van der Waals surface area (Å²) < 4.78 is 39.3. The number of halogens is 2. The van der Waals surface area contributed by atoms with Crippen LogP contribution >= 0.6 is 22.9 Å². The molecule has 1 aromatic heterocycles. The van der Waals surface area contributed by atoms with E-state index in [4.69, 9.17) is 11.6 Å². The largest absolute Gasteiger partial charge is 0.245 e. The molecule has 0 spiro atoms. The predicted octanol–water partition coefficient (Wildman–Crippen LogP) is 2.72. The smallest absolute Gasteiger partial charge is 0.241 e. The molecule has 4 nitrogen and oxygen atoms in total. The summed E-state index contributed by atoms with van der Waals surface area (Å²) in [5.74, 6) is -0.656. The van der Waals surface area contributed by atoms with Crippen LogP contribution < -0.4 is 4.72 Å². The van der Waals surface area contributed by atoms with E-state index in [0.717, 1.165) is 23.9 Å². The summed E-state index contributed by atoms with van der Waals surface area (Å²) in [6, 6.07) is 3.26. The molecular formula is C11H10ClFN2O2S2. The van der Waals surface area contributed by atoms with Crippen molar-refractivity contribution < 1.29 is 12.8 Å². The SMILES string of the molecule is Cc1csc(CNS(=O)(=O)c2ccc(F)c(Cl)c2)n1. The average Bonchev–Trinajstić information content (AvgIpc) is 2.76. The van der Waals surface area contributed by atoms with Gasteiger partial charge in [0.2, 0.25) is 10.0 Å². The fourth-order valence-electron chi connectivity index (χ4n) is 1.37. The Bertz CT molecular complexity index is 700. The number of aromatic nitrogens is 1. The van der Waals surface area contributed by atoms with Gasteiger partial charge in [0.1, 0.15) is 10.8 Å². The molecule has 0 atom stereocenters. The Balaban J connectivity index is 2.16. The van der Waals surface area contributed by atoms with E-state index in [0.29, 0.717) is 5.01 Å². The number of rotatable bonds is 4. The van der Waals surface area contributed by atoms with Gasteiger partial charge in [-0.2, -0.15) is 0 Å². The summed E-state index contributed by atoms with van der Waals surface area (Å²) >= 11 is 6.93. The molecule has 1 heterocycles. The highest BCUT2D eigenvalue weighted by atomic mass is 35.5. The molecule has 102 valence electrons. The molecule has 0 amide bonds. The highest BCUT2D eigenvalue weighted by Crippen LogP contribution is 2.19. The van der Waals surface area contributed by atoms with Crippen LogP contribution in [0.1, 0.15) is 10.7 Å². The quantitative estimate of drug-likeness (QED) is 0.942. The third-order valence-corrected chi connectivity index (χ3v) is 4.94. The van der Waals surface area contributed by atoms with E-state index in [9.17, 15) is 12.8 Å². The van der Waals surface area contributed by atoms with Gasteiger partial charge in [0.15, 0.2) is 0 Å². The molecule has 8 heteroatoms. The Hall–Kier alpha value is -1.02. The Morgan fingerprint density at radius 3 is 2.79 bits per heavy atom. The topological polar surface area (TPSA) is 59.1 Å². The molecule has 0 fully saturated rings. The normalized spacial score (nSPS) is 11.7. The second-order valence-corrected chi connectivity index (χ2v) is 6.90. The van der Waals surface area contributed by atoms with Crippen molar-refractivity contribution in [3.63, 3.8) is 0 Å². The van der Waals surface area contributed by atoms with Gasteiger partial charge in [0.05, 0.1) is 16.5 Å². The fourth-order valence-corrected chi connectivity index (χ4v) is 3.43. The van der Waals surface area contributed by atoms with Crippen molar-refractivity contribution in [3.05, 3.63) is 45.1 Å². The lowest BCUT2D eigenvalue weighted by molar-refractivity contribution is 0.580. The number of nitrogens with one attached hydrogen (secondary N) is 1. The minimum Gasteiger partial charge on any atom is -0.245 e. The second kappa shape index (κ2) is 5.54. The average molecular weight is 321 g/mol. The van der Waals surface area contributed by atoms with Crippen LogP contribution in [0.2, 0.25) is 5.02 Å². The first-order chi connectivity index (χ1) is 8.88. The number of hydrogen-bond acceptors (Lipinski definition) is 4. The van der Waals surface area contributed by atoms with Crippen molar-refractivity contribution >= 4 is 33.0 Å². The first-order valence-corrected chi connectivity index (χ1v) is 7.98. The lowest BCUT2D eigenvalue weighted by atomic mass is 10.3. The Morgan fingerprint density at radius 1 is 1.47 bits per heavy atom. The van der Waals surface area contributed by atoms with Gasteiger partial charge < -0.3 is 0 Å². The molecule has 0 bridgehead atoms. The fraction of sp³-hybridized carbons (Fsp3) is 0.182. The summed E-state index contributed by atoms with van der Waals surface area (Å²) in [7, 11) is -3.72. The van der Waals surface area contributed by atoms with Gasteiger partial charge in [-0.1, -0.05) is 11.6 Å². The molecule has 1 aromatic carbocycles. The van der Waals surface area contributed by atoms with Crippen LogP contribution in [0.3, 0.4) is 0 Å². The third kappa shape index (κ3) is 3.50. The summed E-state index contributed by atoms with van der Waals surface area (Å²) in [6.45, 7) is 1.92. The van der Waals surface area contributed by atoms with Gasteiger partial charge >= 0.3 is 0 Å². The Morgan fingerprint density at radius 2 is 2.21 bits per heavy atom. The van der Waals surface area contributed by atoms with E-state index < -0.39 is 15.8 Å². The molecule has 0 unspecified atom stereocenters. The number of benzene rings is 1. The van der Waals surface area contributed by atoms with Crippen LogP contribution in [0.25, 0.3) is 0 Å². The van der Waals surface area contributed by atoms with Gasteiger partial charge in [0, 0.05) is 11.1 Å². The zero-order chi connectivity index (χ0) is 14.0. The molecule has 1 N–H and O–H groups in total. The molecule has 0 aliphatic heterocycles. The highest BCUT2D eigenvalue weighted by molar-refractivity contribution is 7.89. The van der Waals surface area contributed by atoms with E-state index >= 15 is 0 Å². The van der Waals surface area contributed by atoms with Crippen molar-refractivity contribution in [2.45, 2.75) is 18.4 Å². The van der Waals surface area contributed by atoms with E-state index in [1.807, 2.05) is 12.3 Å². The van der Waals surface area contributed by atoms with Crippen LogP contribution in [0.15, 0.2) is 28.5 Å². The van der Waals surface area contributed by atoms with E-state index in [1.54, 1.807) is 0 Å². The van der Waals surface area contributed by atoms with Gasteiger partial charge in [-0.3, -0.25) is 0 Å². The van der Waals surface area contributed by atoms with Crippen LogP contribution in [-0.4, -0.2) is 13.4 Å². The molecule has 0 saturated heterocycles. The summed E-state index contributed by atoms with van der Waals surface area (Å²) in [4.78, 5) is 4.07. The molecule has 0 aliphatic rings. The Kier molecular flexibility index (Phi) is 4.19. The van der Waals surface area contributed by atoms with Crippen molar-refractivity contribution in [2.75, 3.05) is 0 Å². The maximum atomic E-state index is 13.0. The maximum absolute atomic E-state index is 13.0. The number of hydrogen-bond donors (Lipinski definition) is 1. The van der Waals surface area contributed by atoms with Gasteiger partial charge in [-0.15, -0.1) is 11.3 Å². The number of thiazole rings is 1. The minimum atomic E-state index is -3.72.